The van der Waals surface area contributed by atoms with Gasteiger partial charge in [0.1, 0.15) is 5.82 Å². The zero-order chi connectivity index (χ0) is 13.1. The van der Waals surface area contributed by atoms with E-state index in [1.54, 1.807) is 0 Å². The highest BCUT2D eigenvalue weighted by atomic mass is 32.1. The molecule has 98 valence electrons. The zero-order valence-corrected chi connectivity index (χ0v) is 11.9. The van der Waals surface area contributed by atoms with Crippen LogP contribution in [0.5, 0.6) is 0 Å². The van der Waals surface area contributed by atoms with E-state index in [0.717, 1.165) is 36.5 Å². The van der Waals surface area contributed by atoms with Gasteiger partial charge in [0.05, 0.1) is 0 Å². The lowest BCUT2D eigenvalue weighted by Gasteiger charge is -2.20. The molecule has 0 aromatic carbocycles. The van der Waals surface area contributed by atoms with Gasteiger partial charge >= 0.3 is 0 Å². The van der Waals surface area contributed by atoms with Gasteiger partial charge in [0.2, 0.25) is 0 Å². The molecule has 1 aliphatic heterocycles. The van der Waals surface area contributed by atoms with E-state index in [0.29, 0.717) is 0 Å². The van der Waals surface area contributed by atoms with Crippen LogP contribution >= 0.6 is 12.2 Å². The molecular formula is C13H20N4S. The van der Waals surface area contributed by atoms with Crippen LogP contribution in [0.15, 0.2) is 37.2 Å². The Morgan fingerprint density at radius 1 is 1.11 bits per heavy atom. The van der Waals surface area contributed by atoms with Crippen molar-refractivity contribution < 1.29 is 0 Å². The van der Waals surface area contributed by atoms with Crippen LogP contribution in [0.1, 0.15) is 12.8 Å². The van der Waals surface area contributed by atoms with Crippen molar-refractivity contribution in [2.45, 2.75) is 19.4 Å². The van der Waals surface area contributed by atoms with Crippen LogP contribution in [0.2, 0.25) is 0 Å². The molecule has 0 radical (unpaired) electrons. The molecule has 0 bridgehead atoms. The summed E-state index contributed by atoms with van der Waals surface area (Å²) in [6.45, 7) is 6.03. The van der Waals surface area contributed by atoms with E-state index in [1.165, 1.54) is 0 Å². The van der Waals surface area contributed by atoms with Crippen molar-refractivity contribution in [1.82, 2.24) is 18.9 Å². The third-order valence-electron chi connectivity index (χ3n) is 3.27. The van der Waals surface area contributed by atoms with E-state index < -0.39 is 0 Å². The molecule has 0 atom stereocenters. The van der Waals surface area contributed by atoms with Gasteiger partial charge in [-0.3, -0.25) is 0 Å². The predicted molar refractivity (Wildman–Crippen MR) is 76.2 cm³/mol. The maximum atomic E-state index is 5.30. The second kappa shape index (κ2) is 5.44. The second-order valence-electron chi connectivity index (χ2n) is 4.61. The minimum atomic E-state index is 0.889. The summed E-state index contributed by atoms with van der Waals surface area (Å²) in [4.78, 5) is 4.22. The molecule has 1 aromatic heterocycles. The van der Waals surface area contributed by atoms with Gasteiger partial charge in [0, 0.05) is 52.0 Å². The van der Waals surface area contributed by atoms with Crippen LogP contribution in [0, 0.1) is 4.77 Å². The van der Waals surface area contributed by atoms with E-state index >= 15 is 0 Å². The molecule has 0 fully saturated rings. The third-order valence-corrected chi connectivity index (χ3v) is 3.80. The molecule has 2 rings (SSSR count). The molecule has 0 saturated carbocycles. The lowest BCUT2D eigenvalue weighted by molar-refractivity contribution is 0.380. The van der Waals surface area contributed by atoms with Gasteiger partial charge in [0.25, 0.3) is 0 Å². The Morgan fingerprint density at radius 3 is 2.39 bits per heavy atom. The summed E-state index contributed by atoms with van der Waals surface area (Å²) in [5.74, 6) is 1.05. The zero-order valence-electron chi connectivity index (χ0n) is 11.0. The average Bonchev–Trinajstić information content (AvgIpc) is 2.83. The Hall–Kier alpha value is -1.49. The Kier molecular flexibility index (Phi) is 3.91. The fraction of sp³-hybridized carbons (Fsp3) is 0.462. The first-order valence-electron chi connectivity index (χ1n) is 6.18. The van der Waals surface area contributed by atoms with Crippen molar-refractivity contribution in [2.24, 2.45) is 7.05 Å². The first-order chi connectivity index (χ1) is 8.59. The summed E-state index contributed by atoms with van der Waals surface area (Å²) < 4.78 is 4.98. The quantitative estimate of drug-likeness (QED) is 0.600. The van der Waals surface area contributed by atoms with Gasteiger partial charge in [0.15, 0.2) is 4.77 Å². The van der Waals surface area contributed by atoms with Crippen molar-refractivity contribution in [2.75, 3.05) is 13.6 Å². The molecule has 2 heterocycles. The molecule has 18 heavy (non-hydrogen) atoms. The van der Waals surface area contributed by atoms with Gasteiger partial charge < -0.3 is 18.9 Å². The summed E-state index contributed by atoms with van der Waals surface area (Å²) >= 11 is 5.30. The molecule has 1 aliphatic rings. The lowest BCUT2D eigenvalue weighted by Crippen LogP contribution is -2.20. The topological polar surface area (TPSA) is 16.3 Å². The maximum Gasteiger partial charge on any atom is 0.179 e. The minimum Gasteiger partial charge on any atom is -0.337 e. The van der Waals surface area contributed by atoms with Crippen LogP contribution < -0.4 is 0 Å². The standard InChI is InChI=1S/C13H20N4S/c1-12-14(2)8-10-16(12)6-4-5-7-17-11-9-15(3)13(17)18/h8-11H,1,4-7H2,2-3H3. The highest BCUT2D eigenvalue weighted by molar-refractivity contribution is 7.71. The molecule has 0 N–H and O–H groups in total. The number of hydrogen-bond acceptors (Lipinski definition) is 3. The normalized spacial score (nSPS) is 14.9. The van der Waals surface area contributed by atoms with Crippen LogP contribution in [0.25, 0.3) is 0 Å². The smallest absolute Gasteiger partial charge is 0.179 e. The first-order valence-corrected chi connectivity index (χ1v) is 6.59. The fourth-order valence-corrected chi connectivity index (χ4v) is 2.22. The highest BCUT2D eigenvalue weighted by Gasteiger charge is 2.12. The molecule has 0 unspecified atom stereocenters. The van der Waals surface area contributed by atoms with E-state index in [4.69, 9.17) is 12.2 Å². The molecule has 1 aromatic rings. The van der Waals surface area contributed by atoms with Gasteiger partial charge in [-0.15, -0.1) is 0 Å². The number of nitrogens with zero attached hydrogens (tertiary/aromatic N) is 4. The van der Waals surface area contributed by atoms with Gasteiger partial charge in [-0.25, -0.2) is 0 Å². The number of aryl methyl sites for hydroxylation is 2. The number of aromatic nitrogens is 2. The monoisotopic (exact) mass is 264 g/mol. The summed E-state index contributed by atoms with van der Waals surface area (Å²) in [6.07, 6.45) is 10.4. The number of hydrogen-bond donors (Lipinski definition) is 0. The van der Waals surface area contributed by atoms with Crippen molar-refractivity contribution in [3.8, 4) is 0 Å². The Labute approximate surface area is 113 Å². The minimum absolute atomic E-state index is 0.889. The number of unbranched alkanes of at least 4 members (excludes halogenated alkanes) is 1. The van der Waals surface area contributed by atoms with Crippen molar-refractivity contribution in [1.29, 1.82) is 0 Å². The van der Waals surface area contributed by atoms with E-state index in [-0.39, 0.29) is 0 Å². The Bertz CT molecular complexity index is 511. The summed E-state index contributed by atoms with van der Waals surface area (Å²) in [5.41, 5.74) is 0. The average molecular weight is 264 g/mol. The number of imidazole rings is 1. The Balaban J connectivity index is 1.74. The van der Waals surface area contributed by atoms with Crippen molar-refractivity contribution in [3.05, 3.63) is 42.0 Å². The molecular weight excluding hydrogens is 244 g/mol. The van der Waals surface area contributed by atoms with E-state index in [1.807, 2.05) is 42.2 Å². The molecule has 0 saturated heterocycles. The fourth-order valence-electron chi connectivity index (χ4n) is 2.00. The predicted octanol–water partition coefficient (Wildman–Crippen LogP) is 2.53. The lowest BCUT2D eigenvalue weighted by atomic mass is 10.3. The summed E-state index contributed by atoms with van der Waals surface area (Å²) in [5, 5.41) is 0. The highest BCUT2D eigenvalue weighted by Crippen LogP contribution is 2.16. The van der Waals surface area contributed by atoms with Gasteiger partial charge in [-0.1, -0.05) is 6.58 Å². The van der Waals surface area contributed by atoms with Crippen molar-refractivity contribution in [3.63, 3.8) is 0 Å². The summed E-state index contributed by atoms with van der Waals surface area (Å²) in [6, 6.07) is 0. The molecule has 0 aliphatic carbocycles. The summed E-state index contributed by atoms with van der Waals surface area (Å²) in [7, 11) is 4.00. The van der Waals surface area contributed by atoms with Crippen LogP contribution in [-0.2, 0) is 13.6 Å². The van der Waals surface area contributed by atoms with Crippen LogP contribution in [-0.4, -0.2) is 32.5 Å². The van der Waals surface area contributed by atoms with Gasteiger partial charge in [-0.2, -0.15) is 0 Å². The molecule has 0 amide bonds. The van der Waals surface area contributed by atoms with Crippen LogP contribution in [0.3, 0.4) is 0 Å². The van der Waals surface area contributed by atoms with Crippen LogP contribution in [0.4, 0.5) is 0 Å². The third kappa shape index (κ3) is 2.67. The largest absolute Gasteiger partial charge is 0.337 e. The second-order valence-corrected chi connectivity index (χ2v) is 4.98. The van der Waals surface area contributed by atoms with E-state index in [2.05, 4.69) is 22.2 Å². The Morgan fingerprint density at radius 2 is 1.83 bits per heavy atom. The molecule has 0 spiro atoms. The maximum absolute atomic E-state index is 5.30. The number of rotatable bonds is 5. The van der Waals surface area contributed by atoms with Crippen molar-refractivity contribution >= 4 is 12.2 Å². The van der Waals surface area contributed by atoms with E-state index in [9.17, 15) is 0 Å². The first kappa shape index (κ1) is 13.0. The van der Waals surface area contributed by atoms with Gasteiger partial charge in [-0.05, 0) is 25.1 Å². The molecule has 4 nitrogen and oxygen atoms in total. The SMILES string of the molecule is C=C1N(C)C=CN1CCCCn1ccn(C)c1=S. The molecule has 5 heteroatoms.